The highest BCUT2D eigenvalue weighted by molar-refractivity contribution is 7.91. The fraction of sp³-hybridized carbons (Fsp3) is 0.200. The van der Waals surface area contributed by atoms with Crippen LogP contribution in [0, 0.1) is 6.92 Å². The van der Waals surface area contributed by atoms with Crippen LogP contribution in [0.15, 0.2) is 44.7 Å². The number of rotatable bonds is 6. The van der Waals surface area contributed by atoms with Crippen molar-refractivity contribution in [1.82, 2.24) is 14.9 Å². The number of aryl methyl sites for hydroxylation is 1. The monoisotopic (exact) mass is 381 g/mol. The van der Waals surface area contributed by atoms with Crippen LogP contribution in [0.4, 0.5) is 0 Å². The second kappa shape index (κ2) is 6.98. The molecule has 9 heteroatoms. The molecule has 3 rings (SSSR count). The number of thiophene rings is 2. The van der Waals surface area contributed by atoms with Gasteiger partial charge in [0.05, 0.1) is 4.88 Å². The van der Waals surface area contributed by atoms with Crippen LogP contribution in [-0.4, -0.2) is 25.2 Å². The molecule has 0 aromatic carbocycles. The summed E-state index contributed by atoms with van der Waals surface area (Å²) in [6.45, 7) is 2.37. The first-order valence-corrected chi connectivity index (χ1v) is 10.3. The summed E-state index contributed by atoms with van der Waals surface area (Å²) in [4.78, 5) is 12.9. The molecular weight excluding hydrogens is 366 g/mol. The van der Waals surface area contributed by atoms with Crippen molar-refractivity contribution in [3.8, 4) is 10.6 Å². The molecule has 0 radical (unpaired) electrons. The second-order valence-electron chi connectivity index (χ2n) is 5.10. The highest BCUT2D eigenvalue weighted by Gasteiger charge is 2.17. The van der Waals surface area contributed by atoms with Gasteiger partial charge in [0.25, 0.3) is 5.56 Å². The normalized spacial score (nSPS) is 11.7. The zero-order valence-electron chi connectivity index (χ0n) is 12.8. The predicted octanol–water partition coefficient (Wildman–Crippen LogP) is 2.39. The molecule has 24 heavy (non-hydrogen) atoms. The van der Waals surface area contributed by atoms with Crippen LogP contribution < -0.4 is 10.3 Å². The molecule has 0 spiro atoms. The molecule has 0 saturated heterocycles. The highest BCUT2D eigenvalue weighted by Crippen LogP contribution is 2.28. The van der Waals surface area contributed by atoms with Gasteiger partial charge in [-0.25, -0.2) is 18.2 Å². The first kappa shape index (κ1) is 17.0. The Morgan fingerprint density at radius 2 is 2.04 bits per heavy atom. The molecule has 3 aromatic rings. The third-order valence-electron chi connectivity index (χ3n) is 3.39. The summed E-state index contributed by atoms with van der Waals surface area (Å²) < 4.78 is 27.6. The van der Waals surface area contributed by atoms with Gasteiger partial charge in [0, 0.05) is 17.5 Å². The van der Waals surface area contributed by atoms with Crippen LogP contribution >= 0.6 is 22.7 Å². The van der Waals surface area contributed by atoms with E-state index in [9.17, 15) is 13.2 Å². The predicted molar refractivity (Wildman–Crippen MR) is 96.1 cm³/mol. The minimum atomic E-state index is -3.55. The first-order valence-electron chi connectivity index (χ1n) is 7.14. The summed E-state index contributed by atoms with van der Waals surface area (Å²) in [5.41, 5.74) is 1.42. The Labute approximate surface area is 147 Å². The molecule has 0 atom stereocenters. The Hall–Kier alpha value is -1.81. The van der Waals surface area contributed by atoms with Crippen molar-refractivity contribution in [2.75, 3.05) is 6.54 Å². The second-order valence-corrected chi connectivity index (χ2v) is 9.18. The minimum absolute atomic E-state index is 0.230. The van der Waals surface area contributed by atoms with Crippen molar-refractivity contribution in [2.45, 2.75) is 17.6 Å². The van der Waals surface area contributed by atoms with E-state index in [0.29, 0.717) is 23.5 Å². The maximum Gasteiger partial charge on any atom is 0.264 e. The van der Waals surface area contributed by atoms with E-state index < -0.39 is 10.0 Å². The first-order chi connectivity index (χ1) is 11.5. The molecule has 126 valence electrons. The maximum absolute atomic E-state index is 12.4. The zero-order chi connectivity index (χ0) is 17.2. The van der Waals surface area contributed by atoms with Gasteiger partial charge < -0.3 is 0 Å². The van der Waals surface area contributed by atoms with Crippen LogP contribution in [0.3, 0.4) is 0 Å². The number of aromatic amines is 1. The van der Waals surface area contributed by atoms with Gasteiger partial charge in [-0.1, -0.05) is 0 Å². The van der Waals surface area contributed by atoms with E-state index in [1.807, 2.05) is 18.4 Å². The highest BCUT2D eigenvalue weighted by atomic mass is 32.2. The molecule has 6 nitrogen and oxygen atoms in total. The van der Waals surface area contributed by atoms with Gasteiger partial charge in [-0.15, -0.1) is 22.7 Å². The molecule has 0 amide bonds. The fourth-order valence-corrected chi connectivity index (χ4v) is 5.38. The van der Waals surface area contributed by atoms with Crippen molar-refractivity contribution in [3.63, 3.8) is 0 Å². The van der Waals surface area contributed by atoms with Crippen LogP contribution in [0.2, 0.25) is 0 Å². The molecule has 3 heterocycles. The Morgan fingerprint density at radius 1 is 1.21 bits per heavy atom. The molecule has 0 unspecified atom stereocenters. The number of hydrogen-bond acceptors (Lipinski definition) is 6. The van der Waals surface area contributed by atoms with E-state index in [4.69, 9.17) is 0 Å². The Balaban J connectivity index is 1.70. The molecule has 2 N–H and O–H groups in total. The summed E-state index contributed by atoms with van der Waals surface area (Å²) >= 11 is 2.75. The lowest BCUT2D eigenvalue weighted by atomic mass is 10.2. The van der Waals surface area contributed by atoms with Gasteiger partial charge in [-0.05, 0) is 48.6 Å². The van der Waals surface area contributed by atoms with E-state index in [1.165, 1.54) is 16.5 Å². The van der Waals surface area contributed by atoms with Gasteiger partial charge in [-0.3, -0.25) is 4.79 Å². The van der Waals surface area contributed by atoms with E-state index in [1.54, 1.807) is 29.5 Å². The van der Waals surface area contributed by atoms with Crippen LogP contribution in [0.5, 0.6) is 0 Å². The van der Waals surface area contributed by atoms with E-state index in [-0.39, 0.29) is 9.77 Å². The molecular formula is C15H15N3O3S3. The number of H-pyrrole nitrogens is 1. The summed E-state index contributed by atoms with van der Waals surface area (Å²) in [5, 5.41) is 8.25. The van der Waals surface area contributed by atoms with E-state index in [0.717, 1.165) is 11.3 Å². The molecule has 3 aromatic heterocycles. The number of nitrogens with one attached hydrogen (secondary N) is 2. The minimum Gasteiger partial charge on any atom is -0.268 e. The van der Waals surface area contributed by atoms with E-state index in [2.05, 4.69) is 14.9 Å². The van der Waals surface area contributed by atoms with Crippen molar-refractivity contribution < 1.29 is 8.42 Å². The molecule has 0 bridgehead atoms. The van der Waals surface area contributed by atoms with Crippen LogP contribution in [0.25, 0.3) is 10.6 Å². The summed E-state index contributed by atoms with van der Waals surface area (Å²) in [5.74, 6) is 0. The standard InChI is InChI=1S/C15H15N3O3S3/c1-10-7-9-22-12(10)6-8-16-24(20,21)15-5-3-13(23-15)11-2-4-14(19)18-17-11/h2-5,7,9,16H,6,8H2,1H3,(H,18,19). The van der Waals surface area contributed by atoms with Crippen LogP contribution in [0.1, 0.15) is 10.4 Å². The lowest BCUT2D eigenvalue weighted by Crippen LogP contribution is -2.25. The molecule has 0 saturated carbocycles. The van der Waals surface area contributed by atoms with E-state index >= 15 is 0 Å². The lowest BCUT2D eigenvalue weighted by molar-refractivity contribution is 0.584. The Kier molecular flexibility index (Phi) is 4.95. The molecule has 0 aliphatic carbocycles. The molecule has 0 aliphatic heterocycles. The third-order valence-corrected chi connectivity index (χ3v) is 7.53. The smallest absolute Gasteiger partial charge is 0.264 e. The van der Waals surface area contributed by atoms with Gasteiger partial charge in [-0.2, -0.15) is 5.10 Å². The fourth-order valence-electron chi connectivity index (χ4n) is 2.11. The van der Waals surface area contributed by atoms with Crippen molar-refractivity contribution in [2.24, 2.45) is 0 Å². The largest absolute Gasteiger partial charge is 0.268 e. The van der Waals surface area contributed by atoms with Crippen molar-refractivity contribution in [3.05, 3.63) is 56.5 Å². The Morgan fingerprint density at radius 3 is 2.71 bits per heavy atom. The molecule has 0 fully saturated rings. The number of aromatic nitrogens is 2. The van der Waals surface area contributed by atoms with Crippen molar-refractivity contribution in [1.29, 1.82) is 0 Å². The summed E-state index contributed by atoms with van der Waals surface area (Å²) in [6, 6.07) is 8.18. The average Bonchev–Trinajstić information content (AvgIpc) is 3.18. The molecule has 0 aliphatic rings. The van der Waals surface area contributed by atoms with Gasteiger partial charge in [0.1, 0.15) is 9.90 Å². The third kappa shape index (κ3) is 3.81. The van der Waals surface area contributed by atoms with Gasteiger partial charge in [0.15, 0.2) is 0 Å². The van der Waals surface area contributed by atoms with Gasteiger partial charge >= 0.3 is 0 Å². The van der Waals surface area contributed by atoms with Crippen molar-refractivity contribution >= 4 is 32.7 Å². The van der Waals surface area contributed by atoms with Crippen LogP contribution in [-0.2, 0) is 16.4 Å². The topological polar surface area (TPSA) is 91.9 Å². The quantitative estimate of drug-likeness (QED) is 0.686. The summed E-state index contributed by atoms with van der Waals surface area (Å²) in [7, 11) is -3.55. The lowest BCUT2D eigenvalue weighted by Gasteiger charge is -2.04. The zero-order valence-corrected chi connectivity index (χ0v) is 15.2. The number of nitrogens with zero attached hydrogens (tertiary/aromatic N) is 1. The maximum atomic E-state index is 12.4. The number of hydrogen-bond donors (Lipinski definition) is 2. The SMILES string of the molecule is Cc1ccsc1CCNS(=O)(=O)c1ccc(-c2ccc(=O)[nH]n2)s1. The average molecular weight is 382 g/mol. The van der Waals surface area contributed by atoms with Gasteiger partial charge in [0.2, 0.25) is 10.0 Å². The number of sulfonamides is 1. The summed E-state index contributed by atoms with van der Waals surface area (Å²) in [6.07, 6.45) is 0.669. The Bertz CT molecular complexity index is 982.